The quantitative estimate of drug-likeness (QED) is 0.563. The van der Waals surface area contributed by atoms with Crippen molar-refractivity contribution < 1.29 is 4.74 Å². The van der Waals surface area contributed by atoms with Gasteiger partial charge in [0.25, 0.3) is 0 Å². The molecule has 2 rings (SSSR count). The van der Waals surface area contributed by atoms with Gasteiger partial charge in [-0.1, -0.05) is 6.07 Å². The highest BCUT2D eigenvalue weighted by molar-refractivity contribution is 5.59. The van der Waals surface area contributed by atoms with Gasteiger partial charge in [0.15, 0.2) is 0 Å². The summed E-state index contributed by atoms with van der Waals surface area (Å²) in [6.45, 7) is 1.87. The summed E-state index contributed by atoms with van der Waals surface area (Å²) in [4.78, 5) is 8.32. The fourth-order valence-corrected chi connectivity index (χ4v) is 1.55. The number of ether oxygens (including phenoxy) is 1. The molecule has 0 aliphatic rings. The topological polar surface area (TPSA) is 85.1 Å². The number of hydrazine groups is 1. The van der Waals surface area contributed by atoms with Crippen LogP contribution in [-0.2, 0) is 0 Å². The number of nitrogen functional groups attached to an aromatic ring is 1. The van der Waals surface area contributed by atoms with E-state index in [1.54, 1.807) is 7.11 Å². The highest BCUT2D eigenvalue weighted by Gasteiger charge is 2.02. The second-order valence-electron chi connectivity index (χ2n) is 3.72. The van der Waals surface area contributed by atoms with Gasteiger partial charge in [-0.05, 0) is 19.1 Å². The van der Waals surface area contributed by atoms with Crippen LogP contribution in [0.3, 0.4) is 0 Å². The average molecular weight is 245 g/mol. The minimum absolute atomic E-state index is 0.375. The number of aryl methyl sites for hydroxylation is 1. The summed E-state index contributed by atoms with van der Waals surface area (Å²) >= 11 is 0. The van der Waals surface area contributed by atoms with Crippen LogP contribution in [-0.4, -0.2) is 17.1 Å². The predicted molar refractivity (Wildman–Crippen MR) is 70.9 cm³/mol. The van der Waals surface area contributed by atoms with E-state index in [1.807, 2.05) is 37.3 Å². The summed E-state index contributed by atoms with van der Waals surface area (Å²) in [6, 6.07) is 9.42. The van der Waals surface area contributed by atoms with E-state index in [0.29, 0.717) is 11.8 Å². The van der Waals surface area contributed by atoms with E-state index in [1.165, 1.54) is 0 Å². The van der Waals surface area contributed by atoms with E-state index in [9.17, 15) is 0 Å². The predicted octanol–water partition coefficient (Wildman–Crippen LogP) is 1.82. The standard InChI is InChI=1S/C12H15N5O/c1-8-6-11(16-12(14-8)17-13)15-9-4-3-5-10(7-9)18-2/h3-7H,13H2,1-2H3,(H2,14,15,16,17). The summed E-state index contributed by atoms with van der Waals surface area (Å²) in [6.07, 6.45) is 0. The SMILES string of the molecule is COc1cccc(Nc2cc(C)nc(NN)n2)c1. The van der Waals surface area contributed by atoms with Gasteiger partial charge in [-0.15, -0.1) is 0 Å². The fourth-order valence-electron chi connectivity index (χ4n) is 1.55. The van der Waals surface area contributed by atoms with Crippen LogP contribution >= 0.6 is 0 Å². The molecule has 0 aliphatic carbocycles. The van der Waals surface area contributed by atoms with Gasteiger partial charge in [0.05, 0.1) is 7.11 Å². The number of nitrogens with zero attached hydrogens (tertiary/aromatic N) is 2. The first-order chi connectivity index (χ1) is 8.71. The lowest BCUT2D eigenvalue weighted by atomic mass is 10.3. The van der Waals surface area contributed by atoms with Crippen LogP contribution in [0.4, 0.5) is 17.5 Å². The van der Waals surface area contributed by atoms with Crippen molar-refractivity contribution in [3.05, 3.63) is 36.0 Å². The molecule has 1 aromatic carbocycles. The second-order valence-corrected chi connectivity index (χ2v) is 3.72. The van der Waals surface area contributed by atoms with Crippen molar-refractivity contribution in [1.82, 2.24) is 9.97 Å². The van der Waals surface area contributed by atoms with Gasteiger partial charge < -0.3 is 10.1 Å². The zero-order valence-electron chi connectivity index (χ0n) is 10.3. The molecule has 94 valence electrons. The van der Waals surface area contributed by atoms with E-state index < -0.39 is 0 Å². The van der Waals surface area contributed by atoms with Crippen molar-refractivity contribution in [2.24, 2.45) is 5.84 Å². The highest BCUT2D eigenvalue weighted by Crippen LogP contribution is 2.20. The third-order valence-corrected chi connectivity index (χ3v) is 2.33. The zero-order chi connectivity index (χ0) is 13.0. The number of benzene rings is 1. The number of hydrogen-bond donors (Lipinski definition) is 3. The van der Waals surface area contributed by atoms with E-state index >= 15 is 0 Å². The third kappa shape index (κ3) is 2.86. The molecule has 6 heteroatoms. The monoisotopic (exact) mass is 245 g/mol. The molecule has 1 heterocycles. The summed E-state index contributed by atoms with van der Waals surface area (Å²) in [5, 5.41) is 3.17. The molecule has 0 atom stereocenters. The average Bonchev–Trinajstić information content (AvgIpc) is 2.38. The summed E-state index contributed by atoms with van der Waals surface area (Å²) in [7, 11) is 1.63. The molecule has 6 nitrogen and oxygen atoms in total. The molecule has 4 N–H and O–H groups in total. The Balaban J connectivity index is 2.24. The van der Waals surface area contributed by atoms with Crippen molar-refractivity contribution in [3.8, 4) is 5.75 Å². The van der Waals surface area contributed by atoms with Crippen LogP contribution < -0.4 is 21.3 Å². The molecule has 0 bridgehead atoms. The van der Waals surface area contributed by atoms with Crippen LogP contribution in [0.15, 0.2) is 30.3 Å². The van der Waals surface area contributed by atoms with Crippen LogP contribution in [0.1, 0.15) is 5.69 Å². The van der Waals surface area contributed by atoms with Gasteiger partial charge in [-0.25, -0.2) is 10.8 Å². The number of anilines is 3. The maximum Gasteiger partial charge on any atom is 0.239 e. The normalized spacial score (nSPS) is 9.94. The molecule has 0 fully saturated rings. The van der Waals surface area contributed by atoms with Gasteiger partial charge >= 0.3 is 0 Å². The highest BCUT2D eigenvalue weighted by atomic mass is 16.5. The Bertz CT molecular complexity index is 544. The lowest BCUT2D eigenvalue weighted by molar-refractivity contribution is 0.415. The van der Waals surface area contributed by atoms with Crippen molar-refractivity contribution in [2.45, 2.75) is 6.92 Å². The Labute approximate surface area is 105 Å². The number of nitrogens with two attached hydrogens (primary N) is 1. The molecular weight excluding hydrogens is 230 g/mol. The Morgan fingerprint density at radius 3 is 2.78 bits per heavy atom. The van der Waals surface area contributed by atoms with Gasteiger partial charge in [0.2, 0.25) is 5.95 Å². The molecule has 0 aliphatic heterocycles. The minimum Gasteiger partial charge on any atom is -0.497 e. The first-order valence-electron chi connectivity index (χ1n) is 5.44. The van der Waals surface area contributed by atoms with Crippen molar-refractivity contribution in [3.63, 3.8) is 0 Å². The Morgan fingerprint density at radius 2 is 2.06 bits per heavy atom. The smallest absolute Gasteiger partial charge is 0.239 e. The first-order valence-corrected chi connectivity index (χ1v) is 5.44. The van der Waals surface area contributed by atoms with Crippen LogP contribution in [0.25, 0.3) is 0 Å². The molecule has 18 heavy (non-hydrogen) atoms. The Hall–Kier alpha value is -2.34. The van der Waals surface area contributed by atoms with E-state index in [0.717, 1.165) is 17.1 Å². The molecule has 2 aromatic rings. The van der Waals surface area contributed by atoms with Crippen LogP contribution in [0, 0.1) is 6.92 Å². The van der Waals surface area contributed by atoms with Crippen LogP contribution in [0.5, 0.6) is 5.75 Å². The molecule has 0 unspecified atom stereocenters. The fraction of sp³-hybridized carbons (Fsp3) is 0.167. The molecular formula is C12H15N5O. The molecule has 0 radical (unpaired) electrons. The van der Waals surface area contributed by atoms with Gasteiger partial charge in [0, 0.05) is 23.5 Å². The molecule has 0 saturated heterocycles. The number of aromatic nitrogens is 2. The third-order valence-electron chi connectivity index (χ3n) is 2.33. The molecule has 0 spiro atoms. The molecule has 1 aromatic heterocycles. The Morgan fingerprint density at radius 1 is 1.22 bits per heavy atom. The van der Waals surface area contributed by atoms with Crippen molar-refractivity contribution in [1.29, 1.82) is 0 Å². The number of nitrogens with one attached hydrogen (secondary N) is 2. The lowest BCUT2D eigenvalue weighted by Crippen LogP contribution is -2.11. The van der Waals surface area contributed by atoms with Gasteiger partial charge in [-0.3, -0.25) is 5.43 Å². The summed E-state index contributed by atoms with van der Waals surface area (Å²) < 4.78 is 5.16. The van der Waals surface area contributed by atoms with E-state index in [-0.39, 0.29) is 0 Å². The largest absolute Gasteiger partial charge is 0.497 e. The van der Waals surface area contributed by atoms with Gasteiger partial charge in [-0.2, -0.15) is 4.98 Å². The Kier molecular flexibility index (Phi) is 3.59. The maximum absolute atomic E-state index is 5.30. The number of hydrogen-bond acceptors (Lipinski definition) is 6. The number of methoxy groups -OCH3 is 1. The molecule has 0 saturated carbocycles. The summed E-state index contributed by atoms with van der Waals surface area (Å²) in [5.41, 5.74) is 4.14. The van der Waals surface area contributed by atoms with E-state index in [4.69, 9.17) is 10.6 Å². The lowest BCUT2D eigenvalue weighted by Gasteiger charge is -2.09. The van der Waals surface area contributed by atoms with Crippen molar-refractivity contribution in [2.75, 3.05) is 17.9 Å². The zero-order valence-corrected chi connectivity index (χ0v) is 10.3. The second kappa shape index (κ2) is 5.33. The summed E-state index contributed by atoms with van der Waals surface area (Å²) in [5.74, 6) is 7.13. The number of rotatable bonds is 4. The molecule has 0 amide bonds. The first kappa shape index (κ1) is 12.1. The minimum atomic E-state index is 0.375. The van der Waals surface area contributed by atoms with E-state index in [2.05, 4.69) is 20.7 Å². The van der Waals surface area contributed by atoms with Crippen LogP contribution in [0.2, 0.25) is 0 Å². The maximum atomic E-state index is 5.30. The van der Waals surface area contributed by atoms with Gasteiger partial charge in [0.1, 0.15) is 11.6 Å². The van der Waals surface area contributed by atoms with Crippen molar-refractivity contribution >= 4 is 17.5 Å².